The number of nitrogens with two attached hydrogens (primary N) is 1. The zero-order valence-electron chi connectivity index (χ0n) is 9.19. The Kier molecular flexibility index (Phi) is 2.97. The van der Waals surface area contributed by atoms with Gasteiger partial charge in [0.15, 0.2) is 11.1 Å². The largest absolute Gasteiger partial charge is 0.508 e. The number of thiazole rings is 1. The quantitative estimate of drug-likeness (QED) is 0.483. The molecule has 0 aliphatic carbocycles. The topological polar surface area (TPSA) is 95.0 Å². The number of guanidine groups is 1. The summed E-state index contributed by atoms with van der Waals surface area (Å²) in [6.07, 6.45) is 0. The number of aromatic hydroxyl groups is 1. The minimum atomic E-state index is -0.138. The van der Waals surface area contributed by atoms with Crippen molar-refractivity contribution in [2.45, 2.75) is 6.92 Å². The van der Waals surface area contributed by atoms with Crippen molar-refractivity contribution in [3.05, 3.63) is 29.1 Å². The fraction of sp³-hybridized carbons (Fsp3) is 0.0909. The number of nitrogens with one attached hydrogen (secondary N) is 2. The summed E-state index contributed by atoms with van der Waals surface area (Å²) in [5.41, 5.74) is 6.88. The van der Waals surface area contributed by atoms with Gasteiger partial charge >= 0.3 is 0 Å². The Labute approximate surface area is 102 Å². The number of benzene rings is 1. The molecule has 0 saturated carbocycles. The number of phenolic OH excluding ortho intramolecular Hbond substituents is 1. The third-order valence-corrected chi connectivity index (χ3v) is 3.04. The van der Waals surface area contributed by atoms with Crippen LogP contribution in [0.2, 0.25) is 0 Å². The highest BCUT2D eigenvalue weighted by Crippen LogP contribution is 2.31. The van der Waals surface area contributed by atoms with E-state index in [0.29, 0.717) is 5.13 Å². The fourth-order valence-electron chi connectivity index (χ4n) is 1.49. The number of hydrogen-bond donors (Lipinski definition) is 4. The summed E-state index contributed by atoms with van der Waals surface area (Å²) in [6, 6.07) is 6.90. The number of rotatable bonds is 2. The summed E-state index contributed by atoms with van der Waals surface area (Å²) >= 11 is 1.42. The normalized spacial score (nSPS) is 10.2. The van der Waals surface area contributed by atoms with E-state index < -0.39 is 0 Å². The van der Waals surface area contributed by atoms with E-state index in [2.05, 4.69) is 10.3 Å². The molecule has 1 aromatic heterocycles. The van der Waals surface area contributed by atoms with Gasteiger partial charge in [0.25, 0.3) is 0 Å². The summed E-state index contributed by atoms with van der Waals surface area (Å²) in [7, 11) is 0. The van der Waals surface area contributed by atoms with Crippen molar-refractivity contribution < 1.29 is 5.11 Å². The van der Waals surface area contributed by atoms with E-state index in [1.165, 1.54) is 11.3 Å². The lowest BCUT2D eigenvalue weighted by molar-refractivity contribution is 0.475. The van der Waals surface area contributed by atoms with E-state index in [-0.39, 0.29) is 11.7 Å². The van der Waals surface area contributed by atoms with Gasteiger partial charge in [0, 0.05) is 10.4 Å². The average Bonchev–Trinajstić information content (AvgIpc) is 2.58. The van der Waals surface area contributed by atoms with Crippen LogP contribution in [-0.4, -0.2) is 16.1 Å². The van der Waals surface area contributed by atoms with Gasteiger partial charge in [-0.05, 0) is 19.1 Å². The molecule has 6 heteroatoms. The predicted octanol–water partition coefficient (Wildman–Crippen LogP) is 2.13. The molecular formula is C11H12N4OS. The lowest BCUT2D eigenvalue weighted by Crippen LogP contribution is -2.20. The molecule has 0 aliphatic heterocycles. The maximum Gasteiger partial charge on any atom is 0.192 e. The average molecular weight is 248 g/mol. The van der Waals surface area contributed by atoms with Crippen molar-refractivity contribution in [1.29, 1.82) is 5.41 Å². The zero-order chi connectivity index (χ0) is 12.4. The Morgan fingerprint density at radius 1 is 1.53 bits per heavy atom. The molecule has 0 radical (unpaired) electrons. The number of hydrogen-bond acceptors (Lipinski definition) is 4. The first-order valence-electron chi connectivity index (χ1n) is 4.94. The molecule has 1 aromatic carbocycles. The van der Waals surface area contributed by atoms with Gasteiger partial charge in [0.05, 0.1) is 5.69 Å². The number of aromatic nitrogens is 1. The summed E-state index contributed by atoms with van der Waals surface area (Å²) in [5.74, 6) is 0.0668. The maximum absolute atomic E-state index is 9.42. The third-order valence-electron chi connectivity index (χ3n) is 2.16. The molecule has 0 fully saturated rings. The second-order valence-corrected chi connectivity index (χ2v) is 4.72. The van der Waals surface area contributed by atoms with Crippen LogP contribution < -0.4 is 11.1 Å². The van der Waals surface area contributed by atoms with Crippen LogP contribution in [0.1, 0.15) is 4.88 Å². The van der Waals surface area contributed by atoms with Crippen LogP contribution in [0.3, 0.4) is 0 Å². The van der Waals surface area contributed by atoms with Crippen LogP contribution in [0.4, 0.5) is 5.13 Å². The van der Waals surface area contributed by atoms with Gasteiger partial charge < -0.3 is 16.2 Å². The van der Waals surface area contributed by atoms with Crippen LogP contribution in [0.25, 0.3) is 11.3 Å². The van der Waals surface area contributed by atoms with Gasteiger partial charge in [-0.3, -0.25) is 5.41 Å². The highest BCUT2D eigenvalue weighted by molar-refractivity contribution is 7.16. The van der Waals surface area contributed by atoms with Crippen LogP contribution >= 0.6 is 11.3 Å². The Hall–Kier alpha value is -2.08. The molecule has 0 saturated heterocycles. The minimum Gasteiger partial charge on any atom is -0.508 e. The summed E-state index contributed by atoms with van der Waals surface area (Å²) < 4.78 is 0. The lowest BCUT2D eigenvalue weighted by atomic mass is 10.1. The molecule has 0 amide bonds. The highest BCUT2D eigenvalue weighted by Gasteiger charge is 2.10. The number of aryl methyl sites for hydroxylation is 1. The first-order chi connectivity index (χ1) is 8.06. The van der Waals surface area contributed by atoms with Gasteiger partial charge in [0.1, 0.15) is 5.75 Å². The molecule has 88 valence electrons. The van der Waals surface area contributed by atoms with Crippen molar-refractivity contribution >= 4 is 22.4 Å². The molecule has 0 unspecified atom stereocenters. The molecule has 0 atom stereocenters. The summed E-state index contributed by atoms with van der Waals surface area (Å²) in [4.78, 5) is 5.34. The first kappa shape index (κ1) is 11.4. The Balaban J connectivity index is 2.39. The van der Waals surface area contributed by atoms with Gasteiger partial charge in [0.2, 0.25) is 0 Å². The smallest absolute Gasteiger partial charge is 0.192 e. The molecule has 1 heterocycles. The lowest BCUT2D eigenvalue weighted by Gasteiger charge is -1.99. The van der Waals surface area contributed by atoms with E-state index in [1.807, 2.05) is 13.0 Å². The van der Waals surface area contributed by atoms with Crippen LogP contribution in [0.5, 0.6) is 5.75 Å². The molecule has 5 N–H and O–H groups in total. The van der Waals surface area contributed by atoms with E-state index in [0.717, 1.165) is 16.1 Å². The number of phenols is 1. The molecule has 5 nitrogen and oxygen atoms in total. The van der Waals surface area contributed by atoms with Crippen molar-refractivity contribution in [2.75, 3.05) is 5.32 Å². The van der Waals surface area contributed by atoms with Crippen molar-refractivity contribution in [2.24, 2.45) is 5.73 Å². The van der Waals surface area contributed by atoms with E-state index in [1.54, 1.807) is 18.2 Å². The fourth-order valence-corrected chi connectivity index (χ4v) is 2.33. The minimum absolute atomic E-state index is 0.138. The second-order valence-electron chi connectivity index (χ2n) is 3.51. The monoisotopic (exact) mass is 248 g/mol. The zero-order valence-corrected chi connectivity index (χ0v) is 10.0. The van der Waals surface area contributed by atoms with Crippen LogP contribution in [0.15, 0.2) is 24.3 Å². The second kappa shape index (κ2) is 4.42. The standard InChI is InChI=1S/C11H12N4OS/c1-6-9(7-3-2-4-8(16)5-7)14-11(17-6)15-10(12)13/h2-5,16H,1H3,(H4,12,13,14,15). The third kappa shape index (κ3) is 2.54. The Bertz CT molecular complexity index is 564. The van der Waals surface area contributed by atoms with Crippen LogP contribution in [0, 0.1) is 12.3 Å². The van der Waals surface area contributed by atoms with Gasteiger partial charge in [-0.1, -0.05) is 12.1 Å². The van der Waals surface area contributed by atoms with Gasteiger partial charge in [-0.2, -0.15) is 0 Å². The number of nitrogens with zero attached hydrogens (tertiary/aromatic N) is 1. The van der Waals surface area contributed by atoms with Gasteiger partial charge in [-0.15, -0.1) is 11.3 Å². The van der Waals surface area contributed by atoms with E-state index in [9.17, 15) is 5.11 Å². The summed E-state index contributed by atoms with van der Waals surface area (Å²) in [5, 5.41) is 19.8. The molecule has 2 rings (SSSR count). The predicted molar refractivity (Wildman–Crippen MR) is 69.5 cm³/mol. The van der Waals surface area contributed by atoms with Crippen LogP contribution in [-0.2, 0) is 0 Å². The summed E-state index contributed by atoms with van der Waals surface area (Å²) in [6.45, 7) is 1.93. The molecule has 0 aliphatic rings. The molecular weight excluding hydrogens is 236 g/mol. The SMILES string of the molecule is Cc1sc(NC(=N)N)nc1-c1cccc(O)c1. The van der Waals surface area contributed by atoms with Crippen molar-refractivity contribution in [1.82, 2.24) is 4.98 Å². The number of anilines is 1. The van der Waals surface area contributed by atoms with Crippen molar-refractivity contribution in [3.8, 4) is 17.0 Å². The Morgan fingerprint density at radius 2 is 2.29 bits per heavy atom. The van der Waals surface area contributed by atoms with E-state index >= 15 is 0 Å². The van der Waals surface area contributed by atoms with Crippen molar-refractivity contribution in [3.63, 3.8) is 0 Å². The molecule has 0 spiro atoms. The Morgan fingerprint density at radius 3 is 2.94 bits per heavy atom. The molecule has 2 aromatic rings. The van der Waals surface area contributed by atoms with Gasteiger partial charge in [-0.25, -0.2) is 4.98 Å². The highest BCUT2D eigenvalue weighted by atomic mass is 32.1. The maximum atomic E-state index is 9.42. The first-order valence-corrected chi connectivity index (χ1v) is 5.76. The molecule has 0 bridgehead atoms. The molecule has 17 heavy (non-hydrogen) atoms. The van der Waals surface area contributed by atoms with E-state index in [4.69, 9.17) is 11.1 Å².